The van der Waals surface area contributed by atoms with Crippen LogP contribution in [0.5, 0.6) is 0 Å². The van der Waals surface area contributed by atoms with Gasteiger partial charge in [-0.1, -0.05) is 18.2 Å². The molecule has 0 fully saturated rings. The van der Waals surface area contributed by atoms with Gasteiger partial charge in [-0.2, -0.15) is 0 Å². The molecule has 0 saturated heterocycles. The fourth-order valence-corrected chi connectivity index (χ4v) is 2.53. The molecule has 1 heterocycles. The normalized spacial score (nSPS) is 10.9. The Kier molecular flexibility index (Phi) is 6.20. The van der Waals surface area contributed by atoms with E-state index in [1.54, 1.807) is 24.3 Å². The Morgan fingerprint density at radius 1 is 1.24 bits per heavy atom. The summed E-state index contributed by atoms with van der Waals surface area (Å²) in [5.41, 5.74) is 1.20. The second-order valence-electron chi connectivity index (χ2n) is 5.15. The third kappa shape index (κ3) is 5.66. The molecule has 0 aliphatic rings. The van der Waals surface area contributed by atoms with E-state index in [9.17, 15) is 13.2 Å². The maximum atomic E-state index is 11.8. The van der Waals surface area contributed by atoms with E-state index in [-0.39, 0.29) is 16.5 Å². The zero-order valence-corrected chi connectivity index (χ0v) is 14.3. The molecular weight excluding hydrogens is 342 g/mol. The van der Waals surface area contributed by atoms with Gasteiger partial charge in [0, 0.05) is 19.2 Å². The van der Waals surface area contributed by atoms with Gasteiger partial charge in [0.25, 0.3) is 5.91 Å². The second kappa shape index (κ2) is 8.36. The van der Waals surface area contributed by atoms with Crippen molar-refractivity contribution < 1.29 is 13.2 Å². The Balaban J connectivity index is 1.91. The minimum Gasteiger partial charge on any atom is -0.370 e. The van der Waals surface area contributed by atoms with Gasteiger partial charge in [0.1, 0.15) is 17.8 Å². The molecular formula is C16H19N5O3S. The van der Waals surface area contributed by atoms with Gasteiger partial charge in [-0.25, -0.2) is 23.5 Å². The molecule has 132 valence electrons. The van der Waals surface area contributed by atoms with Crippen LogP contribution in [0, 0.1) is 0 Å². The van der Waals surface area contributed by atoms with Crippen LogP contribution in [0.4, 0.5) is 5.82 Å². The number of nitrogens with one attached hydrogen (secondary N) is 2. The van der Waals surface area contributed by atoms with Crippen molar-refractivity contribution in [1.82, 2.24) is 15.3 Å². The maximum absolute atomic E-state index is 11.8. The Morgan fingerprint density at radius 2 is 1.96 bits per heavy atom. The minimum absolute atomic E-state index is 0.0789. The van der Waals surface area contributed by atoms with Crippen molar-refractivity contribution in [3.8, 4) is 0 Å². The smallest absolute Gasteiger partial charge is 0.270 e. The molecule has 8 nitrogen and oxygen atoms in total. The van der Waals surface area contributed by atoms with Crippen LogP contribution < -0.4 is 15.8 Å². The van der Waals surface area contributed by atoms with Crippen LogP contribution in [-0.2, 0) is 16.4 Å². The van der Waals surface area contributed by atoms with Gasteiger partial charge in [0.15, 0.2) is 0 Å². The molecule has 4 N–H and O–H groups in total. The first-order chi connectivity index (χ1) is 11.9. The van der Waals surface area contributed by atoms with E-state index in [0.717, 1.165) is 5.56 Å². The lowest BCUT2D eigenvalue weighted by atomic mass is 10.1. The number of sulfonamides is 1. The van der Waals surface area contributed by atoms with Gasteiger partial charge in [-0.15, -0.1) is 6.58 Å². The lowest BCUT2D eigenvalue weighted by Gasteiger charge is -2.07. The van der Waals surface area contributed by atoms with E-state index in [4.69, 9.17) is 5.14 Å². The minimum atomic E-state index is -3.68. The third-order valence-corrected chi connectivity index (χ3v) is 4.21. The summed E-state index contributed by atoms with van der Waals surface area (Å²) in [6, 6.07) is 7.91. The van der Waals surface area contributed by atoms with Crippen molar-refractivity contribution in [2.45, 2.75) is 11.3 Å². The highest BCUT2D eigenvalue weighted by Crippen LogP contribution is 2.10. The maximum Gasteiger partial charge on any atom is 0.270 e. The molecule has 1 amide bonds. The van der Waals surface area contributed by atoms with E-state index >= 15 is 0 Å². The summed E-state index contributed by atoms with van der Waals surface area (Å²) >= 11 is 0. The molecule has 1 aromatic heterocycles. The highest BCUT2D eigenvalue weighted by atomic mass is 32.2. The number of carbonyl (C=O) groups excluding carboxylic acids is 1. The highest BCUT2D eigenvalue weighted by molar-refractivity contribution is 7.89. The first-order valence-corrected chi connectivity index (χ1v) is 9.01. The fourth-order valence-electron chi connectivity index (χ4n) is 2.01. The molecule has 0 bridgehead atoms. The molecule has 2 aromatic rings. The Bertz CT molecular complexity index is 850. The predicted octanol–water partition coefficient (Wildman–Crippen LogP) is 0.694. The van der Waals surface area contributed by atoms with E-state index in [2.05, 4.69) is 27.2 Å². The zero-order chi connectivity index (χ0) is 18.3. The fraction of sp³-hybridized carbons (Fsp3) is 0.188. The molecule has 0 spiro atoms. The van der Waals surface area contributed by atoms with Crippen LogP contribution in [0.3, 0.4) is 0 Å². The highest BCUT2D eigenvalue weighted by Gasteiger charge is 2.08. The van der Waals surface area contributed by atoms with Gasteiger partial charge in [0.05, 0.1) is 4.90 Å². The number of anilines is 1. The number of amides is 1. The number of carbonyl (C=O) groups is 1. The summed E-state index contributed by atoms with van der Waals surface area (Å²) in [4.78, 5) is 19.9. The summed E-state index contributed by atoms with van der Waals surface area (Å²) in [6.07, 6.45) is 3.54. The standard InChI is InChI=1S/C16H19N5O3S/c1-2-8-19-16(22)14-10-15(21-11-20-14)18-9-7-12-3-5-13(6-4-12)25(17,23)24/h2-6,10-11H,1,7-9H2,(H,19,22)(H2,17,23,24)(H,18,20,21). The lowest BCUT2D eigenvalue weighted by Crippen LogP contribution is -2.24. The van der Waals surface area contributed by atoms with E-state index < -0.39 is 10.0 Å². The summed E-state index contributed by atoms with van der Waals surface area (Å²) in [5.74, 6) is 0.226. The summed E-state index contributed by atoms with van der Waals surface area (Å²) in [7, 11) is -3.68. The average molecular weight is 361 g/mol. The summed E-state index contributed by atoms with van der Waals surface area (Å²) in [6.45, 7) is 4.45. The first kappa shape index (κ1) is 18.6. The quantitative estimate of drug-likeness (QED) is 0.594. The SMILES string of the molecule is C=CCNC(=O)c1cc(NCCc2ccc(S(N)(=O)=O)cc2)ncn1. The number of aromatic nitrogens is 2. The zero-order valence-electron chi connectivity index (χ0n) is 13.5. The van der Waals surface area contributed by atoms with Gasteiger partial charge < -0.3 is 10.6 Å². The number of hydrogen-bond donors (Lipinski definition) is 3. The second-order valence-corrected chi connectivity index (χ2v) is 6.71. The molecule has 0 unspecified atom stereocenters. The van der Waals surface area contributed by atoms with Crippen molar-refractivity contribution in [2.24, 2.45) is 5.14 Å². The van der Waals surface area contributed by atoms with Gasteiger partial charge >= 0.3 is 0 Å². The summed E-state index contributed by atoms with van der Waals surface area (Å²) < 4.78 is 22.4. The van der Waals surface area contributed by atoms with Crippen LogP contribution in [0.15, 0.2) is 54.2 Å². The Labute approximate surface area is 146 Å². The molecule has 1 aromatic carbocycles. The number of nitrogens with two attached hydrogens (primary N) is 1. The van der Waals surface area contributed by atoms with Crippen LogP contribution in [0.25, 0.3) is 0 Å². The monoisotopic (exact) mass is 361 g/mol. The van der Waals surface area contributed by atoms with Gasteiger partial charge in [-0.05, 0) is 24.1 Å². The first-order valence-electron chi connectivity index (χ1n) is 7.47. The van der Waals surface area contributed by atoms with E-state index in [0.29, 0.717) is 25.3 Å². The van der Waals surface area contributed by atoms with Crippen LogP contribution in [0.2, 0.25) is 0 Å². The third-order valence-electron chi connectivity index (χ3n) is 3.28. The molecule has 0 aliphatic heterocycles. The number of benzene rings is 1. The lowest BCUT2D eigenvalue weighted by molar-refractivity contribution is 0.0953. The molecule has 0 saturated carbocycles. The van der Waals surface area contributed by atoms with Gasteiger partial charge in [-0.3, -0.25) is 4.79 Å². The van der Waals surface area contributed by atoms with Crippen molar-refractivity contribution in [3.63, 3.8) is 0 Å². The number of hydrogen-bond acceptors (Lipinski definition) is 6. The topological polar surface area (TPSA) is 127 Å². The molecule has 25 heavy (non-hydrogen) atoms. The van der Waals surface area contributed by atoms with Crippen molar-refractivity contribution >= 4 is 21.7 Å². The number of nitrogens with zero attached hydrogens (tertiary/aromatic N) is 2. The number of rotatable bonds is 8. The number of primary sulfonamides is 1. The van der Waals surface area contributed by atoms with Crippen LogP contribution in [-0.4, -0.2) is 37.4 Å². The van der Waals surface area contributed by atoms with Crippen molar-refractivity contribution in [3.05, 3.63) is 60.6 Å². The predicted molar refractivity (Wildman–Crippen MR) is 94.6 cm³/mol. The van der Waals surface area contributed by atoms with Crippen LogP contribution in [0.1, 0.15) is 16.1 Å². The van der Waals surface area contributed by atoms with Crippen LogP contribution >= 0.6 is 0 Å². The van der Waals surface area contributed by atoms with E-state index in [1.165, 1.54) is 18.5 Å². The molecule has 0 radical (unpaired) electrons. The Morgan fingerprint density at radius 3 is 2.60 bits per heavy atom. The van der Waals surface area contributed by atoms with Crippen molar-refractivity contribution in [1.29, 1.82) is 0 Å². The molecule has 2 rings (SSSR count). The molecule has 9 heteroatoms. The molecule has 0 atom stereocenters. The molecule has 0 aliphatic carbocycles. The van der Waals surface area contributed by atoms with Gasteiger partial charge in [0.2, 0.25) is 10.0 Å². The largest absolute Gasteiger partial charge is 0.370 e. The van der Waals surface area contributed by atoms with E-state index in [1.807, 2.05) is 0 Å². The Hall–Kier alpha value is -2.78. The summed E-state index contributed by atoms with van der Waals surface area (Å²) in [5, 5.41) is 10.8. The van der Waals surface area contributed by atoms with Crippen molar-refractivity contribution in [2.75, 3.05) is 18.4 Å². The average Bonchev–Trinajstić information content (AvgIpc) is 2.59.